The average molecular weight is 384 g/mol. The highest BCUT2D eigenvalue weighted by Crippen LogP contribution is 2.32. The predicted molar refractivity (Wildman–Crippen MR) is 101 cm³/mol. The van der Waals surface area contributed by atoms with Crippen LogP contribution in [0.1, 0.15) is 17.4 Å². The Kier molecular flexibility index (Phi) is 4.41. The topological polar surface area (TPSA) is 59.8 Å². The van der Waals surface area contributed by atoms with Gasteiger partial charge in [0.1, 0.15) is 16.3 Å². The third-order valence-electron chi connectivity index (χ3n) is 4.12. The molecule has 0 saturated carbocycles. The lowest BCUT2D eigenvalue weighted by molar-refractivity contribution is 0.102. The van der Waals surface area contributed by atoms with E-state index in [0.717, 1.165) is 35.3 Å². The van der Waals surface area contributed by atoms with Crippen molar-refractivity contribution in [3.8, 4) is 10.6 Å². The molecule has 1 N–H and O–H groups in total. The number of hydrogen-bond donors (Lipinski definition) is 1. The Bertz CT molecular complexity index is 1150. The number of aryl methyl sites for hydroxylation is 1. The first-order valence-electron chi connectivity index (χ1n) is 8.23. The van der Waals surface area contributed by atoms with Crippen LogP contribution in [0.4, 0.5) is 14.5 Å². The van der Waals surface area contributed by atoms with Gasteiger partial charge in [-0.05, 0) is 31.2 Å². The molecule has 8 heteroatoms. The number of carbonyl (C=O) groups excluding carboxylic acids is 1. The van der Waals surface area contributed by atoms with E-state index in [4.69, 9.17) is 0 Å². The molecule has 4 rings (SSSR count). The third-order valence-corrected chi connectivity index (χ3v) is 4.99. The fourth-order valence-corrected chi connectivity index (χ4v) is 3.63. The summed E-state index contributed by atoms with van der Waals surface area (Å²) in [6, 6.07) is 7.01. The van der Waals surface area contributed by atoms with E-state index in [-0.39, 0.29) is 11.4 Å². The molecule has 0 aliphatic rings. The summed E-state index contributed by atoms with van der Waals surface area (Å²) in [6.07, 6.45) is 3.70. The summed E-state index contributed by atoms with van der Waals surface area (Å²) in [5.41, 5.74) is 2.14. The Morgan fingerprint density at radius 3 is 2.89 bits per heavy atom. The Balaban J connectivity index is 1.64. The zero-order valence-corrected chi connectivity index (χ0v) is 15.1. The first-order chi connectivity index (χ1) is 13.1. The minimum atomic E-state index is -1.02. The summed E-state index contributed by atoms with van der Waals surface area (Å²) >= 11 is 1.34. The second kappa shape index (κ2) is 6.88. The molecule has 1 aromatic carbocycles. The Labute approximate surface area is 157 Å². The number of halogens is 2. The first kappa shape index (κ1) is 17.3. The number of hydrogen-bond acceptors (Lipinski definition) is 4. The number of thiazole rings is 1. The van der Waals surface area contributed by atoms with E-state index in [2.05, 4.69) is 15.3 Å². The largest absolute Gasteiger partial charge is 0.332 e. The molecule has 5 nitrogen and oxygen atoms in total. The second-order valence-corrected chi connectivity index (χ2v) is 6.68. The molecule has 0 aliphatic heterocycles. The minimum Gasteiger partial charge on any atom is -0.332 e. The van der Waals surface area contributed by atoms with Gasteiger partial charge in [-0.25, -0.2) is 18.7 Å². The summed E-state index contributed by atoms with van der Waals surface area (Å²) in [4.78, 5) is 21.2. The molecule has 0 atom stereocenters. The lowest BCUT2D eigenvalue weighted by Crippen LogP contribution is -2.12. The van der Waals surface area contributed by atoms with Gasteiger partial charge in [0.15, 0.2) is 11.6 Å². The number of fused-ring (bicyclic) bond motifs is 1. The monoisotopic (exact) mass is 384 g/mol. The molecule has 3 aromatic heterocycles. The van der Waals surface area contributed by atoms with Crippen LogP contribution in [0.3, 0.4) is 0 Å². The minimum absolute atomic E-state index is 0.167. The second-order valence-electron chi connectivity index (χ2n) is 5.82. The lowest BCUT2D eigenvalue weighted by atomic mass is 10.2. The van der Waals surface area contributed by atoms with E-state index in [9.17, 15) is 13.6 Å². The molecule has 0 fully saturated rings. The van der Waals surface area contributed by atoms with E-state index >= 15 is 0 Å². The summed E-state index contributed by atoms with van der Waals surface area (Å²) in [5.74, 6) is -2.47. The van der Waals surface area contributed by atoms with Gasteiger partial charge in [0.05, 0.1) is 0 Å². The SMILES string of the molecule is CCn1cc(-c2nc(C(=O)Nc3ccc(F)c(F)c3)cs2)c2cccnc21. The number of rotatable bonds is 4. The summed E-state index contributed by atoms with van der Waals surface area (Å²) in [6.45, 7) is 2.79. The lowest BCUT2D eigenvalue weighted by Gasteiger charge is -2.03. The number of benzene rings is 1. The van der Waals surface area contributed by atoms with Gasteiger partial charge in [-0.1, -0.05) is 0 Å². The number of amides is 1. The highest BCUT2D eigenvalue weighted by molar-refractivity contribution is 7.13. The molecule has 0 bridgehead atoms. The van der Waals surface area contributed by atoms with Gasteiger partial charge in [-0.15, -0.1) is 11.3 Å². The van der Waals surface area contributed by atoms with Crippen LogP contribution in [0.25, 0.3) is 21.6 Å². The third kappa shape index (κ3) is 3.19. The predicted octanol–water partition coefficient (Wildman–Crippen LogP) is 4.71. The van der Waals surface area contributed by atoms with Gasteiger partial charge in [0.25, 0.3) is 5.91 Å². The van der Waals surface area contributed by atoms with Gasteiger partial charge < -0.3 is 9.88 Å². The van der Waals surface area contributed by atoms with Gasteiger partial charge in [-0.3, -0.25) is 4.79 Å². The van der Waals surface area contributed by atoms with Crippen molar-refractivity contribution in [3.63, 3.8) is 0 Å². The maximum absolute atomic E-state index is 13.3. The molecule has 27 heavy (non-hydrogen) atoms. The van der Waals surface area contributed by atoms with Crippen LogP contribution < -0.4 is 5.32 Å². The van der Waals surface area contributed by atoms with Gasteiger partial charge in [-0.2, -0.15) is 0 Å². The van der Waals surface area contributed by atoms with Crippen LogP contribution in [0.15, 0.2) is 48.1 Å². The van der Waals surface area contributed by atoms with Gasteiger partial charge in [0.2, 0.25) is 0 Å². The Morgan fingerprint density at radius 1 is 1.26 bits per heavy atom. The zero-order valence-electron chi connectivity index (χ0n) is 14.2. The number of nitrogens with zero attached hydrogens (tertiary/aromatic N) is 3. The van der Waals surface area contributed by atoms with Crippen molar-refractivity contribution in [2.45, 2.75) is 13.5 Å². The van der Waals surface area contributed by atoms with Crippen molar-refractivity contribution >= 4 is 34.0 Å². The van der Waals surface area contributed by atoms with Crippen LogP contribution in [-0.2, 0) is 6.54 Å². The number of nitrogens with one attached hydrogen (secondary N) is 1. The Hall–Kier alpha value is -3.13. The summed E-state index contributed by atoms with van der Waals surface area (Å²) in [7, 11) is 0. The molecule has 0 unspecified atom stereocenters. The molecule has 4 aromatic rings. The molecule has 136 valence electrons. The highest BCUT2D eigenvalue weighted by Gasteiger charge is 2.17. The van der Waals surface area contributed by atoms with Gasteiger partial charge >= 0.3 is 0 Å². The molecule has 3 heterocycles. The quantitative estimate of drug-likeness (QED) is 0.554. The van der Waals surface area contributed by atoms with E-state index in [1.54, 1.807) is 11.6 Å². The fourth-order valence-electron chi connectivity index (χ4n) is 2.80. The normalized spacial score (nSPS) is 11.1. The van der Waals surface area contributed by atoms with E-state index < -0.39 is 17.5 Å². The maximum Gasteiger partial charge on any atom is 0.275 e. The zero-order chi connectivity index (χ0) is 19.0. The van der Waals surface area contributed by atoms with Crippen molar-refractivity contribution in [3.05, 3.63) is 65.4 Å². The molecule has 0 radical (unpaired) electrons. The van der Waals surface area contributed by atoms with E-state index in [1.165, 1.54) is 17.4 Å². The summed E-state index contributed by atoms with van der Waals surface area (Å²) in [5, 5.41) is 5.81. The van der Waals surface area contributed by atoms with Crippen LogP contribution in [-0.4, -0.2) is 20.4 Å². The van der Waals surface area contributed by atoms with Crippen LogP contribution >= 0.6 is 11.3 Å². The summed E-state index contributed by atoms with van der Waals surface area (Å²) < 4.78 is 28.3. The van der Waals surface area contributed by atoms with Crippen LogP contribution in [0, 0.1) is 11.6 Å². The molecular weight excluding hydrogens is 370 g/mol. The van der Waals surface area contributed by atoms with Crippen molar-refractivity contribution < 1.29 is 13.6 Å². The average Bonchev–Trinajstić information content (AvgIpc) is 3.29. The first-order valence-corrected chi connectivity index (χ1v) is 9.11. The van der Waals surface area contributed by atoms with Crippen molar-refractivity contribution in [2.24, 2.45) is 0 Å². The van der Waals surface area contributed by atoms with Gasteiger partial charge in [0, 0.05) is 47.0 Å². The van der Waals surface area contributed by atoms with E-state index in [0.29, 0.717) is 5.01 Å². The maximum atomic E-state index is 13.3. The molecule has 0 saturated heterocycles. The molecule has 0 spiro atoms. The van der Waals surface area contributed by atoms with E-state index in [1.807, 2.05) is 29.8 Å². The number of carbonyl (C=O) groups is 1. The smallest absolute Gasteiger partial charge is 0.275 e. The number of anilines is 1. The fraction of sp³-hybridized carbons (Fsp3) is 0.105. The van der Waals surface area contributed by atoms with Crippen LogP contribution in [0.5, 0.6) is 0 Å². The standard InChI is InChI=1S/C19H14F2N4OS/c1-2-25-9-13(12-4-3-7-22-17(12)25)19-24-16(10-27-19)18(26)23-11-5-6-14(20)15(21)8-11/h3-10H,2H2,1H3,(H,23,26). The number of aromatic nitrogens is 3. The van der Waals surface area contributed by atoms with Crippen molar-refractivity contribution in [1.82, 2.24) is 14.5 Å². The molecule has 1 amide bonds. The van der Waals surface area contributed by atoms with Crippen molar-refractivity contribution in [2.75, 3.05) is 5.32 Å². The highest BCUT2D eigenvalue weighted by atomic mass is 32.1. The van der Waals surface area contributed by atoms with Crippen LogP contribution in [0.2, 0.25) is 0 Å². The van der Waals surface area contributed by atoms with Crippen molar-refractivity contribution in [1.29, 1.82) is 0 Å². The molecular formula is C19H14F2N4OS. The molecule has 0 aliphatic carbocycles. The number of pyridine rings is 1. The Morgan fingerprint density at radius 2 is 2.11 bits per heavy atom.